The second-order valence-corrected chi connectivity index (χ2v) is 8.96. The molecule has 0 saturated carbocycles. The smallest absolute Gasteiger partial charge is 0.417 e. The molecule has 3 nitrogen and oxygen atoms in total. The van der Waals surface area contributed by atoms with Crippen molar-refractivity contribution in [3.05, 3.63) is 65.7 Å². The van der Waals surface area contributed by atoms with Crippen LogP contribution in [0.25, 0.3) is 0 Å². The molecule has 0 heterocycles. The lowest BCUT2D eigenvalue weighted by molar-refractivity contribution is 0.296. The molecule has 2 aromatic rings. The van der Waals surface area contributed by atoms with Gasteiger partial charge in [-0.25, -0.2) is 4.57 Å². The Hall–Kier alpha value is -1.22. The molecule has 0 aromatic heterocycles. The average molecular weight is 336 g/mol. The minimum Gasteiger partial charge on any atom is -0.417 e. The Morgan fingerprint density at radius 3 is 2.36 bits per heavy atom. The molecule has 0 aliphatic carbocycles. The van der Waals surface area contributed by atoms with E-state index in [4.69, 9.17) is 9.05 Å². The van der Waals surface area contributed by atoms with Crippen molar-refractivity contribution in [1.82, 2.24) is 0 Å². The molecule has 1 unspecified atom stereocenters. The second kappa shape index (κ2) is 8.42. The van der Waals surface area contributed by atoms with Crippen molar-refractivity contribution in [3.8, 4) is 5.75 Å². The molecule has 0 bridgehead atoms. The summed E-state index contributed by atoms with van der Waals surface area (Å²) in [5.74, 6) is 1.27. The highest BCUT2D eigenvalue weighted by molar-refractivity contribution is 8.55. The minimum absolute atomic E-state index is 0.363. The van der Waals surface area contributed by atoms with Gasteiger partial charge in [-0.05, 0) is 49.3 Å². The molecule has 22 heavy (non-hydrogen) atoms. The molecule has 0 radical (unpaired) electrons. The number of rotatable bonds is 8. The van der Waals surface area contributed by atoms with E-state index in [2.05, 4.69) is 12.1 Å². The molecule has 118 valence electrons. The maximum Gasteiger partial charge on any atom is 0.440 e. The zero-order chi connectivity index (χ0) is 15.8. The summed E-state index contributed by atoms with van der Waals surface area (Å²) >= 11 is 1.25. The lowest BCUT2D eigenvalue weighted by atomic mass is 10.2. The van der Waals surface area contributed by atoms with Gasteiger partial charge in [0.05, 0.1) is 6.61 Å². The van der Waals surface area contributed by atoms with Crippen molar-refractivity contribution in [2.75, 3.05) is 12.4 Å². The molecular formula is C17H21O3PS. The van der Waals surface area contributed by atoms with E-state index in [1.807, 2.05) is 56.3 Å². The van der Waals surface area contributed by atoms with Gasteiger partial charge in [0, 0.05) is 5.75 Å². The largest absolute Gasteiger partial charge is 0.440 e. The van der Waals surface area contributed by atoms with Gasteiger partial charge in [-0.1, -0.05) is 48.0 Å². The van der Waals surface area contributed by atoms with Crippen LogP contribution in [0.4, 0.5) is 0 Å². The van der Waals surface area contributed by atoms with Gasteiger partial charge in [-0.3, -0.25) is 4.52 Å². The maximum absolute atomic E-state index is 12.8. The third-order valence-corrected chi connectivity index (χ3v) is 6.76. The highest BCUT2D eigenvalue weighted by Crippen LogP contribution is 2.60. The molecule has 0 N–H and O–H groups in total. The van der Waals surface area contributed by atoms with Crippen LogP contribution in [0, 0.1) is 6.92 Å². The summed E-state index contributed by atoms with van der Waals surface area (Å²) in [6.07, 6.45) is 0.833. The maximum atomic E-state index is 12.8. The molecule has 0 aliphatic rings. The van der Waals surface area contributed by atoms with Crippen LogP contribution in [0.5, 0.6) is 5.75 Å². The summed E-state index contributed by atoms with van der Waals surface area (Å²) in [4.78, 5) is 0. The van der Waals surface area contributed by atoms with Crippen molar-refractivity contribution >= 4 is 18.2 Å². The van der Waals surface area contributed by atoms with Gasteiger partial charge < -0.3 is 4.52 Å². The Kier molecular flexibility index (Phi) is 6.56. The summed E-state index contributed by atoms with van der Waals surface area (Å²) in [5, 5.41) is 0. The highest BCUT2D eigenvalue weighted by atomic mass is 32.7. The van der Waals surface area contributed by atoms with Crippen molar-refractivity contribution in [2.45, 2.75) is 20.3 Å². The molecular weight excluding hydrogens is 315 g/mol. The fourth-order valence-electron chi connectivity index (χ4n) is 1.90. The van der Waals surface area contributed by atoms with E-state index in [1.54, 1.807) is 0 Å². The average Bonchev–Trinajstić information content (AvgIpc) is 2.51. The van der Waals surface area contributed by atoms with Gasteiger partial charge in [-0.15, -0.1) is 0 Å². The normalized spacial score (nSPS) is 13.5. The number of aryl methyl sites for hydroxylation is 2. The molecule has 2 rings (SSSR count). The standard InChI is InChI=1S/C17H21O3PS/c1-3-19-21(18,20-17-11-9-15(2)10-12-17)22-14-13-16-7-5-4-6-8-16/h4-12H,3,13-14H2,1-2H3. The SMILES string of the molecule is CCOP(=O)(Oc1ccc(C)cc1)SCCc1ccccc1. The van der Waals surface area contributed by atoms with Crippen LogP contribution >= 0.6 is 18.2 Å². The molecule has 0 aliphatic heterocycles. The predicted octanol–water partition coefficient (Wildman–Crippen LogP) is 5.49. The zero-order valence-electron chi connectivity index (χ0n) is 12.9. The first-order valence-electron chi connectivity index (χ1n) is 7.30. The fourth-order valence-corrected chi connectivity index (χ4v) is 5.22. The molecule has 5 heteroatoms. The van der Waals surface area contributed by atoms with Crippen LogP contribution in [0.2, 0.25) is 0 Å². The van der Waals surface area contributed by atoms with Gasteiger partial charge in [0.1, 0.15) is 5.75 Å². The molecule has 1 atom stereocenters. The zero-order valence-corrected chi connectivity index (χ0v) is 14.6. The fraction of sp³-hybridized carbons (Fsp3) is 0.294. The van der Waals surface area contributed by atoms with E-state index in [1.165, 1.54) is 16.9 Å². The quantitative estimate of drug-likeness (QED) is 0.597. The summed E-state index contributed by atoms with van der Waals surface area (Å²) in [6.45, 7) is 1.01. The number of benzene rings is 2. The summed E-state index contributed by atoms with van der Waals surface area (Å²) in [6, 6.07) is 17.6. The predicted molar refractivity (Wildman–Crippen MR) is 93.6 cm³/mol. The van der Waals surface area contributed by atoms with Crippen LogP contribution < -0.4 is 4.52 Å². The van der Waals surface area contributed by atoms with Gasteiger partial charge >= 0.3 is 6.80 Å². The van der Waals surface area contributed by atoms with Gasteiger partial charge in [0.2, 0.25) is 0 Å². The highest BCUT2D eigenvalue weighted by Gasteiger charge is 2.26. The van der Waals surface area contributed by atoms with E-state index in [0.29, 0.717) is 18.1 Å². The van der Waals surface area contributed by atoms with Crippen LogP contribution in [-0.4, -0.2) is 12.4 Å². The third kappa shape index (κ3) is 5.53. The van der Waals surface area contributed by atoms with Crippen molar-refractivity contribution in [3.63, 3.8) is 0 Å². The van der Waals surface area contributed by atoms with E-state index in [-0.39, 0.29) is 0 Å². The Morgan fingerprint density at radius 2 is 1.73 bits per heavy atom. The van der Waals surface area contributed by atoms with Crippen molar-refractivity contribution in [2.24, 2.45) is 0 Å². The topological polar surface area (TPSA) is 35.5 Å². The Bertz CT molecular complexity index is 614. The summed E-state index contributed by atoms with van der Waals surface area (Å²) in [5.41, 5.74) is 2.35. The third-order valence-electron chi connectivity index (χ3n) is 3.01. The van der Waals surface area contributed by atoms with Crippen LogP contribution in [0.15, 0.2) is 54.6 Å². The molecule has 0 amide bonds. The second-order valence-electron chi connectivity index (χ2n) is 4.84. The van der Waals surface area contributed by atoms with Crippen LogP contribution in [0.1, 0.15) is 18.1 Å². The Morgan fingerprint density at radius 1 is 1.05 bits per heavy atom. The van der Waals surface area contributed by atoms with Crippen LogP contribution in [0.3, 0.4) is 0 Å². The van der Waals surface area contributed by atoms with Crippen molar-refractivity contribution in [1.29, 1.82) is 0 Å². The van der Waals surface area contributed by atoms with E-state index < -0.39 is 6.80 Å². The Balaban J connectivity index is 1.95. The molecule has 2 aromatic carbocycles. The number of hydrogen-bond acceptors (Lipinski definition) is 4. The number of hydrogen-bond donors (Lipinski definition) is 0. The first-order chi connectivity index (χ1) is 10.6. The first-order valence-corrected chi connectivity index (χ1v) is 10.4. The lowest BCUT2D eigenvalue weighted by Crippen LogP contribution is -1.97. The van der Waals surface area contributed by atoms with Gasteiger partial charge in [0.25, 0.3) is 0 Å². The van der Waals surface area contributed by atoms with E-state index >= 15 is 0 Å². The minimum atomic E-state index is -3.18. The molecule has 0 spiro atoms. The summed E-state index contributed by atoms with van der Waals surface area (Å²) in [7, 11) is 0. The molecule has 0 fully saturated rings. The van der Waals surface area contributed by atoms with Crippen molar-refractivity contribution < 1.29 is 13.6 Å². The van der Waals surface area contributed by atoms with E-state index in [9.17, 15) is 4.57 Å². The molecule has 0 saturated heterocycles. The first kappa shape index (κ1) is 17.1. The lowest BCUT2D eigenvalue weighted by Gasteiger charge is -2.17. The van der Waals surface area contributed by atoms with Crippen LogP contribution in [-0.2, 0) is 15.5 Å². The van der Waals surface area contributed by atoms with E-state index in [0.717, 1.165) is 12.0 Å². The summed E-state index contributed by atoms with van der Waals surface area (Å²) < 4.78 is 23.8. The Labute approximate surface area is 136 Å². The van der Waals surface area contributed by atoms with Gasteiger partial charge in [0.15, 0.2) is 0 Å². The van der Waals surface area contributed by atoms with Gasteiger partial charge in [-0.2, -0.15) is 0 Å². The monoisotopic (exact) mass is 336 g/mol.